The highest BCUT2D eigenvalue weighted by atomic mass is 79.9. The van der Waals surface area contributed by atoms with Gasteiger partial charge < -0.3 is 24.7 Å². The van der Waals surface area contributed by atoms with Crippen LogP contribution in [0.5, 0.6) is 11.5 Å². The van der Waals surface area contributed by atoms with Gasteiger partial charge in [0.05, 0.1) is 17.0 Å². The maximum absolute atomic E-state index is 11.9. The topological polar surface area (TPSA) is 87.7 Å². The Balaban J connectivity index is 2.10. The SMILES string of the molecule is CCOc1cc(C(=O)[O-])cc(Br)c1OCC(=O)Nc1ccccc1. The number of benzene rings is 2. The van der Waals surface area contributed by atoms with Gasteiger partial charge in [0.25, 0.3) is 5.91 Å². The lowest BCUT2D eigenvalue weighted by Gasteiger charge is -2.15. The van der Waals surface area contributed by atoms with Crippen molar-refractivity contribution in [2.45, 2.75) is 6.92 Å². The van der Waals surface area contributed by atoms with Gasteiger partial charge in [-0.15, -0.1) is 0 Å². The number of carbonyl (C=O) groups is 2. The van der Waals surface area contributed by atoms with Gasteiger partial charge in [0.1, 0.15) is 0 Å². The van der Waals surface area contributed by atoms with Crippen LogP contribution in [0.3, 0.4) is 0 Å². The van der Waals surface area contributed by atoms with E-state index in [0.29, 0.717) is 16.8 Å². The van der Waals surface area contributed by atoms with Crippen molar-refractivity contribution in [1.29, 1.82) is 0 Å². The number of ether oxygens (including phenoxy) is 2. The second kappa shape index (κ2) is 8.35. The summed E-state index contributed by atoms with van der Waals surface area (Å²) in [5.74, 6) is -1.20. The zero-order valence-electron chi connectivity index (χ0n) is 12.9. The van der Waals surface area contributed by atoms with Crippen molar-refractivity contribution in [3.05, 3.63) is 52.5 Å². The van der Waals surface area contributed by atoms with Gasteiger partial charge in [0, 0.05) is 11.3 Å². The molecule has 0 aliphatic carbocycles. The minimum atomic E-state index is -1.33. The van der Waals surface area contributed by atoms with Gasteiger partial charge in [0.2, 0.25) is 0 Å². The molecule has 0 spiro atoms. The number of aromatic carboxylic acids is 1. The second-order valence-corrected chi connectivity index (χ2v) is 5.56. The summed E-state index contributed by atoms with van der Waals surface area (Å²) < 4.78 is 11.2. The monoisotopic (exact) mass is 392 g/mol. The van der Waals surface area contributed by atoms with Crippen molar-refractivity contribution in [3.63, 3.8) is 0 Å². The van der Waals surface area contributed by atoms with Crippen LogP contribution >= 0.6 is 15.9 Å². The molecule has 0 saturated heterocycles. The summed E-state index contributed by atoms with van der Waals surface area (Å²) >= 11 is 3.23. The Morgan fingerprint density at radius 1 is 1.17 bits per heavy atom. The molecular weight excluding hydrogens is 378 g/mol. The summed E-state index contributed by atoms with van der Waals surface area (Å²) in [6.45, 7) is 1.82. The Hall–Kier alpha value is -2.54. The summed E-state index contributed by atoms with van der Waals surface area (Å²) in [6.07, 6.45) is 0. The number of rotatable bonds is 7. The molecule has 0 fully saturated rings. The maximum Gasteiger partial charge on any atom is 0.262 e. The fourth-order valence-corrected chi connectivity index (χ4v) is 2.50. The van der Waals surface area contributed by atoms with E-state index >= 15 is 0 Å². The molecule has 0 unspecified atom stereocenters. The van der Waals surface area contributed by atoms with Gasteiger partial charge in [-0.2, -0.15) is 0 Å². The molecule has 2 aromatic carbocycles. The highest BCUT2D eigenvalue weighted by molar-refractivity contribution is 9.10. The smallest absolute Gasteiger partial charge is 0.262 e. The highest BCUT2D eigenvalue weighted by Gasteiger charge is 2.14. The van der Waals surface area contributed by atoms with E-state index in [0.717, 1.165) is 0 Å². The normalized spacial score (nSPS) is 10.1. The zero-order valence-corrected chi connectivity index (χ0v) is 14.5. The van der Waals surface area contributed by atoms with Crippen LogP contribution in [0.1, 0.15) is 17.3 Å². The van der Waals surface area contributed by atoms with Gasteiger partial charge in [-0.3, -0.25) is 4.79 Å². The quantitative estimate of drug-likeness (QED) is 0.780. The Bertz CT molecular complexity index is 733. The van der Waals surface area contributed by atoms with Crippen LogP contribution in [0.2, 0.25) is 0 Å². The van der Waals surface area contributed by atoms with E-state index < -0.39 is 5.97 Å². The van der Waals surface area contributed by atoms with E-state index in [-0.39, 0.29) is 29.6 Å². The number of carbonyl (C=O) groups excluding carboxylic acids is 2. The first kappa shape index (κ1) is 17.8. The number of carboxylic acids is 1. The number of anilines is 1. The highest BCUT2D eigenvalue weighted by Crippen LogP contribution is 2.36. The third-order valence-electron chi connectivity index (χ3n) is 2.95. The maximum atomic E-state index is 11.9. The molecule has 2 rings (SSSR count). The molecule has 1 N–H and O–H groups in total. The first-order valence-electron chi connectivity index (χ1n) is 7.16. The number of carboxylic acid groups (broad SMARTS) is 1. The number of hydrogen-bond donors (Lipinski definition) is 1. The molecule has 0 aliphatic rings. The lowest BCUT2D eigenvalue weighted by atomic mass is 10.2. The van der Waals surface area contributed by atoms with Crippen molar-refractivity contribution in [2.75, 3.05) is 18.5 Å². The van der Waals surface area contributed by atoms with E-state index in [1.54, 1.807) is 31.2 Å². The molecule has 0 atom stereocenters. The van der Waals surface area contributed by atoms with E-state index in [4.69, 9.17) is 9.47 Å². The van der Waals surface area contributed by atoms with Crippen LogP contribution in [-0.4, -0.2) is 25.1 Å². The van der Waals surface area contributed by atoms with Gasteiger partial charge in [-0.05, 0) is 47.1 Å². The average molecular weight is 393 g/mol. The van der Waals surface area contributed by atoms with Crippen molar-refractivity contribution >= 4 is 33.5 Å². The molecule has 7 heteroatoms. The van der Waals surface area contributed by atoms with Crippen LogP contribution in [-0.2, 0) is 4.79 Å². The van der Waals surface area contributed by atoms with E-state index in [1.807, 2.05) is 6.07 Å². The van der Waals surface area contributed by atoms with Gasteiger partial charge in [-0.25, -0.2) is 0 Å². The largest absolute Gasteiger partial charge is 0.545 e. The molecule has 1 amide bonds. The van der Waals surface area contributed by atoms with Crippen LogP contribution in [0, 0.1) is 0 Å². The van der Waals surface area contributed by atoms with Crippen molar-refractivity contribution in [3.8, 4) is 11.5 Å². The van der Waals surface area contributed by atoms with Crippen LogP contribution < -0.4 is 19.9 Å². The van der Waals surface area contributed by atoms with Crippen LogP contribution in [0.4, 0.5) is 5.69 Å². The molecule has 126 valence electrons. The summed E-state index contributed by atoms with van der Waals surface area (Å²) in [5, 5.41) is 13.7. The van der Waals surface area contributed by atoms with Crippen molar-refractivity contribution < 1.29 is 24.2 Å². The first-order chi connectivity index (χ1) is 11.5. The Morgan fingerprint density at radius 3 is 2.50 bits per heavy atom. The number of amides is 1. The summed E-state index contributed by atoms with van der Waals surface area (Å²) in [5.41, 5.74) is 0.605. The van der Waals surface area contributed by atoms with Gasteiger partial charge in [0.15, 0.2) is 18.1 Å². The Kier molecular flexibility index (Phi) is 6.20. The molecule has 0 heterocycles. The number of nitrogens with one attached hydrogen (secondary N) is 1. The minimum absolute atomic E-state index is 0.0496. The fourth-order valence-electron chi connectivity index (χ4n) is 1.95. The standard InChI is InChI=1S/C17H16BrNO5/c1-2-23-14-9-11(17(21)22)8-13(18)16(14)24-10-15(20)19-12-6-4-3-5-7-12/h3-9H,2,10H2,1H3,(H,19,20)(H,21,22)/p-1. The number of para-hydroxylation sites is 1. The van der Waals surface area contributed by atoms with Crippen LogP contribution in [0.15, 0.2) is 46.9 Å². The molecular formula is C17H15BrNO5-. The van der Waals surface area contributed by atoms with Crippen molar-refractivity contribution in [2.24, 2.45) is 0 Å². The predicted octanol–water partition coefficient (Wildman–Crippen LogP) is 2.23. The fraction of sp³-hybridized carbons (Fsp3) is 0.176. The molecule has 0 aliphatic heterocycles. The molecule has 2 aromatic rings. The summed E-state index contributed by atoms with van der Waals surface area (Å²) in [6, 6.07) is 11.6. The first-order valence-corrected chi connectivity index (χ1v) is 7.96. The predicted molar refractivity (Wildman–Crippen MR) is 90.2 cm³/mol. The zero-order chi connectivity index (χ0) is 17.5. The Morgan fingerprint density at radius 2 is 1.88 bits per heavy atom. The minimum Gasteiger partial charge on any atom is -0.545 e. The third kappa shape index (κ3) is 4.73. The lowest BCUT2D eigenvalue weighted by Crippen LogP contribution is -2.23. The van der Waals surface area contributed by atoms with E-state index in [9.17, 15) is 14.7 Å². The second-order valence-electron chi connectivity index (χ2n) is 4.71. The Labute approximate surface area is 147 Å². The molecule has 6 nitrogen and oxygen atoms in total. The molecule has 0 radical (unpaired) electrons. The van der Waals surface area contributed by atoms with Gasteiger partial charge >= 0.3 is 0 Å². The summed E-state index contributed by atoms with van der Waals surface area (Å²) in [4.78, 5) is 22.9. The molecule has 0 aromatic heterocycles. The van der Waals surface area contributed by atoms with Crippen molar-refractivity contribution in [1.82, 2.24) is 0 Å². The van der Waals surface area contributed by atoms with E-state index in [2.05, 4.69) is 21.2 Å². The third-order valence-corrected chi connectivity index (χ3v) is 3.54. The average Bonchev–Trinajstić information content (AvgIpc) is 2.55. The lowest BCUT2D eigenvalue weighted by molar-refractivity contribution is -0.255. The molecule has 0 saturated carbocycles. The van der Waals surface area contributed by atoms with Crippen LogP contribution in [0.25, 0.3) is 0 Å². The number of halogens is 1. The van der Waals surface area contributed by atoms with Gasteiger partial charge in [-0.1, -0.05) is 18.2 Å². The molecule has 24 heavy (non-hydrogen) atoms. The summed E-state index contributed by atoms with van der Waals surface area (Å²) in [7, 11) is 0. The van der Waals surface area contributed by atoms with E-state index in [1.165, 1.54) is 12.1 Å². The molecule has 0 bridgehead atoms. The number of hydrogen-bond acceptors (Lipinski definition) is 5.